The molecule has 0 aromatic rings. The maximum absolute atomic E-state index is 5.72. The van der Waals surface area contributed by atoms with Gasteiger partial charge in [0.2, 0.25) is 0 Å². The third-order valence-electron chi connectivity index (χ3n) is 2.95. The standard InChI is InChI=1S/C15H26O2/c1-3-4-5-6-7-8-11-14(2)17-15-12-9-10-13-16-15/h14-15H,3-7,9-10,12-13H2,1-2H3. The van der Waals surface area contributed by atoms with Crippen LogP contribution in [0, 0.1) is 11.8 Å². The molecule has 0 amide bonds. The van der Waals surface area contributed by atoms with Crippen molar-refractivity contribution in [3.63, 3.8) is 0 Å². The summed E-state index contributed by atoms with van der Waals surface area (Å²) in [7, 11) is 0. The first kappa shape index (κ1) is 14.5. The highest BCUT2D eigenvalue weighted by Gasteiger charge is 2.15. The molecule has 1 aliphatic heterocycles. The maximum Gasteiger partial charge on any atom is 0.159 e. The summed E-state index contributed by atoms with van der Waals surface area (Å²) in [4.78, 5) is 0. The van der Waals surface area contributed by atoms with E-state index in [0.29, 0.717) is 0 Å². The Balaban J connectivity index is 2.06. The van der Waals surface area contributed by atoms with E-state index in [2.05, 4.69) is 18.8 Å². The molecule has 0 radical (unpaired) electrons. The van der Waals surface area contributed by atoms with Crippen LogP contribution in [0.1, 0.15) is 65.2 Å². The lowest BCUT2D eigenvalue weighted by molar-refractivity contribution is -0.173. The molecule has 0 saturated carbocycles. The van der Waals surface area contributed by atoms with Crippen molar-refractivity contribution in [3.8, 4) is 11.8 Å². The Kier molecular flexibility index (Phi) is 8.13. The summed E-state index contributed by atoms with van der Waals surface area (Å²) in [5.41, 5.74) is 0. The Bertz CT molecular complexity index is 233. The first-order valence-electron chi connectivity index (χ1n) is 7.08. The predicted octanol–water partition coefficient (Wildman–Crippen LogP) is 3.89. The molecule has 0 aromatic carbocycles. The normalized spacial score (nSPS) is 21.6. The van der Waals surface area contributed by atoms with Crippen molar-refractivity contribution in [1.29, 1.82) is 0 Å². The minimum Gasteiger partial charge on any atom is -0.353 e. The molecule has 1 saturated heterocycles. The summed E-state index contributed by atoms with van der Waals surface area (Å²) in [6, 6.07) is 0. The Morgan fingerprint density at radius 3 is 2.88 bits per heavy atom. The van der Waals surface area contributed by atoms with E-state index in [9.17, 15) is 0 Å². The topological polar surface area (TPSA) is 18.5 Å². The lowest BCUT2D eigenvalue weighted by Gasteiger charge is -2.24. The molecule has 0 spiro atoms. The second-order valence-electron chi connectivity index (χ2n) is 4.71. The van der Waals surface area contributed by atoms with Crippen LogP contribution < -0.4 is 0 Å². The molecule has 17 heavy (non-hydrogen) atoms. The van der Waals surface area contributed by atoms with Crippen LogP contribution in [-0.4, -0.2) is 19.0 Å². The van der Waals surface area contributed by atoms with Crippen molar-refractivity contribution >= 4 is 0 Å². The minimum absolute atomic E-state index is 0.00396. The van der Waals surface area contributed by atoms with Crippen LogP contribution in [0.4, 0.5) is 0 Å². The lowest BCUT2D eigenvalue weighted by Crippen LogP contribution is -2.25. The Morgan fingerprint density at radius 1 is 1.29 bits per heavy atom. The fraction of sp³-hybridized carbons (Fsp3) is 0.867. The average Bonchev–Trinajstić information content (AvgIpc) is 2.35. The van der Waals surface area contributed by atoms with Gasteiger partial charge in [0.25, 0.3) is 0 Å². The smallest absolute Gasteiger partial charge is 0.159 e. The van der Waals surface area contributed by atoms with Gasteiger partial charge in [-0.25, -0.2) is 0 Å². The SMILES string of the molecule is CCCCCCC#CC(C)OC1CCCCO1. The van der Waals surface area contributed by atoms with Gasteiger partial charge < -0.3 is 9.47 Å². The van der Waals surface area contributed by atoms with Crippen LogP contribution in [0.5, 0.6) is 0 Å². The maximum atomic E-state index is 5.72. The van der Waals surface area contributed by atoms with Gasteiger partial charge in [0, 0.05) is 13.0 Å². The van der Waals surface area contributed by atoms with E-state index in [1.54, 1.807) is 0 Å². The summed E-state index contributed by atoms with van der Waals surface area (Å²) in [5.74, 6) is 6.36. The Morgan fingerprint density at radius 2 is 2.18 bits per heavy atom. The summed E-state index contributed by atoms with van der Waals surface area (Å²) < 4.78 is 11.2. The van der Waals surface area contributed by atoms with E-state index in [1.165, 1.54) is 32.1 Å². The van der Waals surface area contributed by atoms with Gasteiger partial charge in [-0.3, -0.25) is 0 Å². The van der Waals surface area contributed by atoms with E-state index in [0.717, 1.165) is 25.9 Å². The van der Waals surface area contributed by atoms with E-state index in [-0.39, 0.29) is 12.4 Å². The van der Waals surface area contributed by atoms with Gasteiger partial charge in [-0.2, -0.15) is 0 Å². The number of rotatable bonds is 6. The van der Waals surface area contributed by atoms with Gasteiger partial charge in [-0.15, -0.1) is 5.92 Å². The van der Waals surface area contributed by atoms with Crippen LogP contribution in [0.2, 0.25) is 0 Å². The third-order valence-corrected chi connectivity index (χ3v) is 2.95. The monoisotopic (exact) mass is 238 g/mol. The van der Waals surface area contributed by atoms with E-state index < -0.39 is 0 Å². The fourth-order valence-corrected chi connectivity index (χ4v) is 1.94. The average molecular weight is 238 g/mol. The van der Waals surface area contributed by atoms with Crippen molar-refractivity contribution in [2.45, 2.75) is 77.6 Å². The third kappa shape index (κ3) is 7.41. The first-order chi connectivity index (χ1) is 8.33. The van der Waals surface area contributed by atoms with Crippen LogP contribution >= 0.6 is 0 Å². The van der Waals surface area contributed by atoms with Crippen LogP contribution in [0.3, 0.4) is 0 Å². The molecule has 0 aromatic heterocycles. The molecule has 2 unspecified atom stereocenters. The second kappa shape index (κ2) is 9.50. The molecule has 0 bridgehead atoms. The highest BCUT2D eigenvalue weighted by Crippen LogP contribution is 2.15. The Labute approximate surface area is 106 Å². The molecular formula is C15H26O2. The number of hydrogen-bond acceptors (Lipinski definition) is 2. The molecule has 2 heteroatoms. The highest BCUT2D eigenvalue weighted by molar-refractivity contribution is 5.03. The molecule has 2 nitrogen and oxygen atoms in total. The van der Waals surface area contributed by atoms with E-state index in [4.69, 9.17) is 9.47 Å². The van der Waals surface area contributed by atoms with Crippen LogP contribution in [0.25, 0.3) is 0 Å². The quantitative estimate of drug-likeness (QED) is 0.516. The van der Waals surface area contributed by atoms with E-state index in [1.807, 2.05) is 6.92 Å². The molecule has 0 N–H and O–H groups in total. The molecule has 1 rings (SSSR count). The predicted molar refractivity (Wildman–Crippen MR) is 70.7 cm³/mol. The van der Waals surface area contributed by atoms with Gasteiger partial charge in [-0.05, 0) is 32.6 Å². The molecule has 0 aliphatic carbocycles. The van der Waals surface area contributed by atoms with Crippen molar-refractivity contribution in [2.75, 3.05) is 6.61 Å². The van der Waals surface area contributed by atoms with Gasteiger partial charge in [-0.1, -0.05) is 32.1 Å². The van der Waals surface area contributed by atoms with Crippen molar-refractivity contribution in [2.24, 2.45) is 0 Å². The first-order valence-corrected chi connectivity index (χ1v) is 7.08. The second-order valence-corrected chi connectivity index (χ2v) is 4.71. The summed E-state index contributed by atoms with van der Waals surface area (Å²) >= 11 is 0. The number of unbranched alkanes of at least 4 members (excludes halogenated alkanes) is 4. The largest absolute Gasteiger partial charge is 0.353 e. The molecule has 98 valence electrons. The summed E-state index contributed by atoms with van der Waals surface area (Å²) in [6.45, 7) is 5.07. The van der Waals surface area contributed by atoms with Gasteiger partial charge in [0.1, 0.15) is 6.10 Å². The fourth-order valence-electron chi connectivity index (χ4n) is 1.94. The van der Waals surface area contributed by atoms with Crippen molar-refractivity contribution < 1.29 is 9.47 Å². The highest BCUT2D eigenvalue weighted by atomic mass is 16.7. The van der Waals surface area contributed by atoms with Gasteiger partial charge in [0.15, 0.2) is 6.29 Å². The van der Waals surface area contributed by atoms with Gasteiger partial charge >= 0.3 is 0 Å². The summed E-state index contributed by atoms with van der Waals surface area (Å²) in [6.07, 6.45) is 9.49. The zero-order valence-corrected chi connectivity index (χ0v) is 11.3. The minimum atomic E-state index is -0.0202. The molecule has 2 atom stereocenters. The van der Waals surface area contributed by atoms with Crippen LogP contribution in [-0.2, 0) is 9.47 Å². The summed E-state index contributed by atoms with van der Waals surface area (Å²) in [5, 5.41) is 0. The number of ether oxygens (including phenoxy) is 2. The molecule has 1 fully saturated rings. The zero-order valence-electron chi connectivity index (χ0n) is 11.3. The zero-order chi connectivity index (χ0) is 12.3. The molecule has 1 heterocycles. The Hall–Kier alpha value is -0.520. The van der Waals surface area contributed by atoms with Crippen LogP contribution in [0.15, 0.2) is 0 Å². The van der Waals surface area contributed by atoms with Crippen molar-refractivity contribution in [1.82, 2.24) is 0 Å². The molecular weight excluding hydrogens is 212 g/mol. The van der Waals surface area contributed by atoms with Gasteiger partial charge in [0.05, 0.1) is 0 Å². The van der Waals surface area contributed by atoms with Crippen molar-refractivity contribution in [3.05, 3.63) is 0 Å². The number of hydrogen-bond donors (Lipinski definition) is 0. The lowest BCUT2D eigenvalue weighted by atomic mass is 10.1. The van der Waals surface area contributed by atoms with E-state index >= 15 is 0 Å². The molecule has 1 aliphatic rings.